The first kappa shape index (κ1) is 13.0. The van der Waals surface area contributed by atoms with Gasteiger partial charge in [-0.3, -0.25) is 4.79 Å². The Hall–Kier alpha value is -1.08. The van der Waals surface area contributed by atoms with E-state index in [1.54, 1.807) is 4.90 Å². The molecule has 4 heteroatoms. The molecule has 0 aliphatic carbocycles. The average molecular weight is 224 g/mol. The standard InChI is InChI=1S/C12H20N2O2/c1-2-10(9-13)12(16)14-7-4-3-5-11(14)6-8-15/h10-11,15H,2-8H2,1H3. The summed E-state index contributed by atoms with van der Waals surface area (Å²) in [5, 5.41) is 17.9. The van der Waals surface area contributed by atoms with E-state index in [9.17, 15) is 4.79 Å². The summed E-state index contributed by atoms with van der Waals surface area (Å²) in [5.74, 6) is -0.567. The molecule has 0 aromatic carbocycles. The van der Waals surface area contributed by atoms with Gasteiger partial charge < -0.3 is 10.0 Å². The lowest BCUT2D eigenvalue weighted by Gasteiger charge is -2.36. The van der Waals surface area contributed by atoms with Crippen LogP contribution in [0.25, 0.3) is 0 Å². The molecule has 16 heavy (non-hydrogen) atoms. The lowest BCUT2D eigenvalue weighted by molar-refractivity contribution is -0.137. The number of aliphatic hydroxyl groups excluding tert-OH is 1. The van der Waals surface area contributed by atoms with Gasteiger partial charge in [0.1, 0.15) is 5.92 Å². The third-order valence-electron chi connectivity index (χ3n) is 3.23. The molecule has 4 nitrogen and oxygen atoms in total. The molecule has 0 aromatic heterocycles. The maximum absolute atomic E-state index is 12.1. The highest BCUT2D eigenvalue weighted by Crippen LogP contribution is 2.22. The van der Waals surface area contributed by atoms with Crippen molar-refractivity contribution in [3.05, 3.63) is 0 Å². The van der Waals surface area contributed by atoms with Gasteiger partial charge in [0.25, 0.3) is 0 Å². The van der Waals surface area contributed by atoms with E-state index in [1.165, 1.54) is 0 Å². The van der Waals surface area contributed by atoms with Gasteiger partial charge in [0, 0.05) is 19.2 Å². The molecule has 1 rings (SSSR count). The molecule has 0 aromatic rings. The monoisotopic (exact) mass is 224 g/mol. The summed E-state index contributed by atoms with van der Waals surface area (Å²) in [7, 11) is 0. The van der Waals surface area contributed by atoms with E-state index < -0.39 is 5.92 Å². The largest absolute Gasteiger partial charge is 0.396 e. The molecule has 1 amide bonds. The van der Waals surface area contributed by atoms with E-state index in [-0.39, 0.29) is 18.6 Å². The number of piperidine rings is 1. The first-order valence-corrected chi connectivity index (χ1v) is 6.05. The third kappa shape index (κ3) is 2.96. The molecule has 2 unspecified atom stereocenters. The van der Waals surface area contributed by atoms with Crippen molar-refractivity contribution in [2.24, 2.45) is 5.92 Å². The van der Waals surface area contributed by atoms with Gasteiger partial charge in [0.05, 0.1) is 6.07 Å². The Kier molecular flexibility index (Phi) is 5.27. The van der Waals surface area contributed by atoms with E-state index in [0.717, 1.165) is 25.8 Å². The molecule has 0 spiro atoms. The van der Waals surface area contributed by atoms with Crippen molar-refractivity contribution in [2.75, 3.05) is 13.2 Å². The summed E-state index contributed by atoms with van der Waals surface area (Å²) in [6.45, 7) is 2.70. The van der Waals surface area contributed by atoms with Gasteiger partial charge >= 0.3 is 0 Å². The van der Waals surface area contributed by atoms with Crippen molar-refractivity contribution in [1.82, 2.24) is 4.90 Å². The molecule has 0 saturated carbocycles. The number of nitrogens with zero attached hydrogens (tertiary/aromatic N) is 2. The molecule has 90 valence electrons. The van der Waals surface area contributed by atoms with Crippen molar-refractivity contribution in [3.8, 4) is 6.07 Å². The second kappa shape index (κ2) is 6.49. The van der Waals surface area contributed by atoms with Gasteiger partial charge in [-0.1, -0.05) is 6.92 Å². The minimum atomic E-state index is -0.515. The maximum Gasteiger partial charge on any atom is 0.240 e. The summed E-state index contributed by atoms with van der Waals surface area (Å²) in [6.07, 6.45) is 4.27. The summed E-state index contributed by atoms with van der Waals surface area (Å²) in [5.41, 5.74) is 0. The van der Waals surface area contributed by atoms with Crippen molar-refractivity contribution in [3.63, 3.8) is 0 Å². The van der Waals surface area contributed by atoms with Gasteiger partial charge in [-0.2, -0.15) is 5.26 Å². The van der Waals surface area contributed by atoms with Crippen molar-refractivity contribution >= 4 is 5.91 Å². The van der Waals surface area contributed by atoms with E-state index in [4.69, 9.17) is 10.4 Å². The molecular weight excluding hydrogens is 204 g/mol. The zero-order valence-electron chi connectivity index (χ0n) is 9.85. The highest BCUT2D eigenvalue weighted by molar-refractivity contribution is 5.81. The van der Waals surface area contributed by atoms with Crippen LogP contribution in [0, 0.1) is 17.2 Å². The Morgan fingerprint density at radius 1 is 1.62 bits per heavy atom. The topological polar surface area (TPSA) is 64.3 Å². The van der Waals surface area contributed by atoms with Crippen LogP contribution in [0.15, 0.2) is 0 Å². The molecule has 0 radical (unpaired) electrons. The molecule has 1 aliphatic rings. The molecule has 1 aliphatic heterocycles. The van der Waals surface area contributed by atoms with Gasteiger partial charge in [0.2, 0.25) is 5.91 Å². The number of carbonyl (C=O) groups is 1. The predicted octanol–water partition coefficient (Wildman–Crippen LogP) is 1.30. The molecule has 1 saturated heterocycles. The number of carbonyl (C=O) groups excluding carboxylic acids is 1. The molecule has 1 N–H and O–H groups in total. The quantitative estimate of drug-likeness (QED) is 0.782. The Morgan fingerprint density at radius 3 is 2.94 bits per heavy atom. The Labute approximate surface area is 96.9 Å². The van der Waals surface area contributed by atoms with E-state index in [2.05, 4.69) is 6.07 Å². The van der Waals surface area contributed by atoms with Crippen LogP contribution in [-0.4, -0.2) is 35.1 Å². The minimum absolute atomic E-state index is 0.0526. The number of likely N-dealkylation sites (tertiary alicyclic amines) is 1. The van der Waals surface area contributed by atoms with Gasteiger partial charge in [-0.05, 0) is 32.1 Å². The highest BCUT2D eigenvalue weighted by Gasteiger charge is 2.30. The highest BCUT2D eigenvalue weighted by atomic mass is 16.3. The summed E-state index contributed by atoms with van der Waals surface area (Å²) in [6, 6.07) is 2.19. The molecular formula is C12H20N2O2. The fourth-order valence-electron chi connectivity index (χ4n) is 2.26. The van der Waals surface area contributed by atoms with Gasteiger partial charge in [0.15, 0.2) is 0 Å². The summed E-state index contributed by atoms with van der Waals surface area (Å²) in [4.78, 5) is 13.9. The number of amides is 1. The lowest BCUT2D eigenvalue weighted by atomic mass is 9.96. The number of hydrogen-bond donors (Lipinski definition) is 1. The van der Waals surface area contributed by atoms with Crippen LogP contribution in [0.1, 0.15) is 39.0 Å². The fraction of sp³-hybridized carbons (Fsp3) is 0.833. The van der Waals surface area contributed by atoms with Crippen LogP contribution < -0.4 is 0 Å². The number of hydrogen-bond acceptors (Lipinski definition) is 3. The van der Waals surface area contributed by atoms with Crippen molar-refractivity contribution in [1.29, 1.82) is 5.26 Å². The number of nitriles is 1. The average Bonchev–Trinajstić information content (AvgIpc) is 2.31. The Bertz CT molecular complexity index is 271. The van der Waals surface area contributed by atoms with E-state index in [1.807, 2.05) is 6.92 Å². The second-order valence-corrected chi connectivity index (χ2v) is 4.28. The zero-order chi connectivity index (χ0) is 12.0. The van der Waals surface area contributed by atoms with Gasteiger partial charge in [-0.25, -0.2) is 0 Å². The van der Waals surface area contributed by atoms with E-state index in [0.29, 0.717) is 12.8 Å². The molecule has 1 fully saturated rings. The Morgan fingerprint density at radius 2 is 2.38 bits per heavy atom. The van der Waals surface area contributed by atoms with Crippen LogP contribution in [0.3, 0.4) is 0 Å². The predicted molar refractivity (Wildman–Crippen MR) is 60.4 cm³/mol. The Balaban J connectivity index is 2.67. The van der Waals surface area contributed by atoms with E-state index >= 15 is 0 Å². The summed E-state index contributed by atoms with van der Waals surface area (Å²) >= 11 is 0. The normalized spacial score (nSPS) is 22.6. The van der Waals surface area contributed by atoms with Crippen LogP contribution in [-0.2, 0) is 4.79 Å². The maximum atomic E-state index is 12.1. The first-order chi connectivity index (χ1) is 7.74. The molecule has 2 atom stereocenters. The SMILES string of the molecule is CCC(C#N)C(=O)N1CCCCC1CCO. The number of aliphatic hydroxyl groups is 1. The van der Waals surface area contributed by atoms with Crippen LogP contribution in [0.4, 0.5) is 0 Å². The summed E-state index contributed by atoms with van der Waals surface area (Å²) < 4.78 is 0. The number of rotatable bonds is 4. The van der Waals surface area contributed by atoms with Crippen molar-refractivity contribution < 1.29 is 9.90 Å². The van der Waals surface area contributed by atoms with Crippen molar-refractivity contribution in [2.45, 2.75) is 45.1 Å². The molecule has 0 bridgehead atoms. The second-order valence-electron chi connectivity index (χ2n) is 4.28. The van der Waals surface area contributed by atoms with Crippen LogP contribution in [0.5, 0.6) is 0 Å². The molecule has 1 heterocycles. The fourth-order valence-corrected chi connectivity index (χ4v) is 2.26. The smallest absolute Gasteiger partial charge is 0.240 e. The van der Waals surface area contributed by atoms with Gasteiger partial charge in [-0.15, -0.1) is 0 Å². The first-order valence-electron chi connectivity index (χ1n) is 6.05. The lowest BCUT2D eigenvalue weighted by Crippen LogP contribution is -2.46. The third-order valence-corrected chi connectivity index (χ3v) is 3.23. The zero-order valence-corrected chi connectivity index (χ0v) is 9.85. The minimum Gasteiger partial charge on any atom is -0.396 e. The van der Waals surface area contributed by atoms with Crippen LogP contribution in [0.2, 0.25) is 0 Å². The van der Waals surface area contributed by atoms with Crippen LogP contribution >= 0.6 is 0 Å².